The average Bonchev–Trinajstić information content (AvgIpc) is 2.65. The number of rotatable bonds is 3. The van der Waals surface area contributed by atoms with Crippen molar-refractivity contribution in [1.29, 1.82) is 0 Å². The molecule has 0 aliphatic heterocycles. The van der Waals surface area contributed by atoms with Gasteiger partial charge in [-0.05, 0) is 18.4 Å². The molecule has 2 rings (SSSR count). The molecule has 18 heavy (non-hydrogen) atoms. The van der Waals surface area contributed by atoms with Crippen LogP contribution in [-0.4, -0.2) is 9.55 Å². The minimum atomic E-state index is 0.475. The third kappa shape index (κ3) is 2.18. The lowest BCUT2D eigenvalue weighted by molar-refractivity contribution is 0.860. The maximum Gasteiger partial charge on any atom is 0.106 e. The third-order valence-electron chi connectivity index (χ3n) is 3.44. The predicted octanol–water partition coefficient (Wildman–Crippen LogP) is 2.98. The minimum absolute atomic E-state index is 0.475. The summed E-state index contributed by atoms with van der Waals surface area (Å²) in [6, 6.07) is 8.68. The zero-order valence-electron chi connectivity index (χ0n) is 11.6. The summed E-state index contributed by atoms with van der Waals surface area (Å²) >= 11 is 0. The van der Waals surface area contributed by atoms with Gasteiger partial charge in [0.1, 0.15) is 5.82 Å². The second-order valence-corrected chi connectivity index (χ2v) is 4.99. The lowest BCUT2D eigenvalue weighted by atomic mass is 10.0. The van der Waals surface area contributed by atoms with Crippen molar-refractivity contribution in [3.8, 4) is 11.3 Å². The van der Waals surface area contributed by atoms with Gasteiger partial charge >= 0.3 is 0 Å². The van der Waals surface area contributed by atoms with Crippen molar-refractivity contribution >= 4 is 0 Å². The zero-order valence-corrected chi connectivity index (χ0v) is 11.6. The lowest BCUT2D eigenvalue weighted by Crippen LogP contribution is -2.01. The van der Waals surface area contributed by atoms with E-state index in [1.807, 2.05) is 14.0 Å². The Kier molecular flexibility index (Phi) is 3.53. The van der Waals surface area contributed by atoms with Crippen LogP contribution in [-0.2, 0) is 13.6 Å². The van der Waals surface area contributed by atoms with E-state index in [2.05, 4.69) is 47.7 Å². The van der Waals surface area contributed by atoms with Crippen LogP contribution >= 0.6 is 0 Å². The first kappa shape index (κ1) is 12.8. The molecule has 1 heterocycles. The molecule has 96 valence electrons. The van der Waals surface area contributed by atoms with Gasteiger partial charge in [-0.25, -0.2) is 4.98 Å². The van der Waals surface area contributed by atoms with Crippen molar-refractivity contribution in [3.05, 3.63) is 41.3 Å². The molecule has 2 aromatic rings. The Morgan fingerprint density at radius 1 is 1.22 bits per heavy atom. The lowest BCUT2D eigenvalue weighted by Gasteiger charge is -2.09. The first-order valence-electron chi connectivity index (χ1n) is 6.37. The number of aryl methyl sites for hydroxylation is 1. The van der Waals surface area contributed by atoms with E-state index in [0.717, 1.165) is 17.2 Å². The molecular formula is C15H21N3. The largest absolute Gasteiger partial charge is 0.331 e. The first-order chi connectivity index (χ1) is 8.54. The molecule has 0 atom stereocenters. The highest BCUT2D eigenvalue weighted by molar-refractivity contribution is 5.63. The fourth-order valence-corrected chi connectivity index (χ4v) is 2.21. The molecule has 0 amide bonds. The first-order valence-corrected chi connectivity index (χ1v) is 6.37. The Balaban J connectivity index is 2.48. The number of benzene rings is 1. The molecule has 3 heteroatoms. The number of imidazole rings is 1. The molecular weight excluding hydrogens is 222 g/mol. The summed E-state index contributed by atoms with van der Waals surface area (Å²) in [6.07, 6.45) is 0. The standard InChI is InChI=1S/C15H21N3/c1-10(2)12-5-7-13(8-6-12)15-14(9-16)17-11(3)18(15)4/h5-8,10H,9,16H2,1-4H3. The van der Waals surface area contributed by atoms with Gasteiger partial charge in [0.25, 0.3) is 0 Å². The minimum Gasteiger partial charge on any atom is -0.331 e. The number of nitrogens with zero attached hydrogens (tertiary/aromatic N) is 2. The Labute approximate surface area is 109 Å². The van der Waals surface area contributed by atoms with Crippen LogP contribution in [0.3, 0.4) is 0 Å². The van der Waals surface area contributed by atoms with Gasteiger partial charge in [0.05, 0.1) is 11.4 Å². The van der Waals surface area contributed by atoms with Crippen LogP contribution in [0.5, 0.6) is 0 Å². The second-order valence-electron chi connectivity index (χ2n) is 4.99. The van der Waals surface area contributed by atoms with E-state index in [4.69, 9.17) is 5.73 Å². The van der Waals surface area contributed by atoms with Gasteiger partial charge in [0.15, 0.2) is 0 Å². The highest BCUT2D eigenvalue weighted by Gasteiger charge is 2.13. The van der Waals surface area contributed by atoms with Gasteiger partial charge in [0, 0.05) is 19.2 Å². The predicted molar refractivity (Wildman–Crippen MR) is 75.4 cm³/mol. The van der Waals surface area contributed by atoms with Crippen LogP contribution in [0.2, 0.25) is 0 Å². The van der Waals surface area contributed by atoms with Gasteiger partial charge in [-0.2, -0.15) is 0 Å². The molecule has 0 saturated heterocycles. The highest BCUT2D eigenvalue weighted by atomic mass is 15.1. The summed E-state index contributed by atoms with van der Waals surface area (Å²) in [7, 11) is 2.03. The number of hydrogen-bond donors (Lipinski definition) is 1. The Morgan fingerprint density at radius 3 is 2.33 bits per heavy atom. The summed E-state index contributed by atoms with van der Waals surface area (Å²) in [5, 5.41) is 0. The Morgan fingerprint density at radius 2 is 1.83 bits per heavy atom. The van der Waals surface area contributed by atoms with Crippen LogP contribution in [0.4, 0.5) is 0 Å². The van der Waals surface area contributed by atoms with Crippen LogP contribution in [0.15, 0.2) is 24.3 Å². The summed E-state index contributed by atoms with van der Waals surface area (Å²) in [4.78, 5) is 4.50. The van der Waals surface area contributed by atoms with E-state index in [0.29, 0.717) is 12.5 Å². The molecule has 0 aliphatic carbocycles. The summed E-state index contributed by atoms with van der Waals surface area (Å²) in [5.74, 6) is 1.56. The van der Waals surface area contributed by atoms with Gasteiger partial charge < -0.3 is 10.3 Å². The van der Waals surface area contributed by atoms with E-state index in [1.54, 1.807) is 0 Å². The zero-order chi connectivity index (χ0) is 13.3. The van der Waals surface area contributed by atoms with E-state index in [-0.39, 0.29) is 0 Å². The molecule has 0 bridgehead atoms. The van der Waals surface area contributed by atoms with Gasteiger partial charge in [-0.1, -0.05) is 38.1 Å². The van der Waals surface area contributed by atoms with Gasteiger partial charge in [-0.3, -0.25) is 0 Å². The molecule has 3 nitrogen and oxygen atoms in total. The summed E-state index contributed by atoms with van der Waals surface area (Å²) in [6.45, 7) is 6.89. The number of aromatic nitrogens is 2. The maximum atomic E-state index is 5.77. The highest BCUT2D eigenvalue weighted by Crippen LogP contribution is 2.26. The fraction of sp³-hybridized carbons (Fsp3) is 0.400. The van der Waals surface area contributed by atoms with Crippen molar-refractivity contribution in [1.82, 2.24) is 9.55 Å². The van der Waals surface area contributed by atoms with Crippen molar-refractivity contribution in [2.75, 3.05) is 0 Å². The van der Waals surface area contributed by atoms with Crippen molar-refractivity contribution in [3.63, 3.8) is 0 Å². The van der Waals surface area contributed by atoms with Crippen molar-refractivity contribution in [2.24, 2.45) is 12.8 Å². The van der Waals surface area contributed by atoms with E-state index < -0.39 is 0 Å². The third-order valence-corrected chi connectivity index (χ3v) is 3.44. The quantitative estimate of drug-likeness (QED) is 0.900. The summed E-state index contributed by atoms with van der Waals surface area (Å²) < 4.78 is 2.10. The monoisotopic (exact) mass is 243 g/mol. The number of hydrogen-bond acceptors (Lipinski definition) is 2. The second kappa shape index (κ2) is 4.94. The number of nitrogens with two attached hydrogens (primary N) is 1. The Bertz CT molecular complexity index is 536. The molecule has 1 aromatic carbocycles. The molecule has 0 aliphatic rings. The van der Waals surface area contributed by atoms with E-state index >= 15 is 0 Å². The SMILES string of the molecule is Cc1nc(CN)c(-c2ccc(C(C)C)cc2)n1C. The van der Waals surface area contributed by atoms with Crippen LogP contribution in [0.25, 0.3) is 11.3 Å². The topological polar surface area (TPSA) is 43.8 Å². The molecule has 0 spiro atoms. The van der Waals surface area contributed by atoms with E-state index in [1.165, 1.54) is 11.1 Å². The Hall–Kier alpha value is -1.61. The van der Waals surface area contributed by atoms with Crippen LogP contribution in [0.1, 0.15) is 36.8 Å². The van der Waals surface area contributed by atoms with Gasteiger partial charge in [-0.15, -0.1) is 0 Å². The fourth-order valence-electron chi connectivity index (χ4n) is 2.21. The molecule has 2 N–H and O–H groups in total. The van der Waals surface area contributed by atoms with Crippen LogP contribution < -0.4 is 5.73 Å². The maximum absolute atomic E-state index is 5.77. The average molecular weight is 243 g/mol. The van der Waals surface area contributed by atoms with E-state index in [9.17, 15) is 0 Å². The molecule has 1 aromatic heterocycles. The molecule has 0 radical (unpaired) electrons. The molecule has 0 saturated carbocycles. The van der Waals surface area contributed by atoms with Crippen molar-refractivity contribution < 1.29 is 0 Å². The normalized spacial score (nSPS) is 11.2. The summed E-state index contributed by atoms with van der Waals surface area (Å²) in [5.41, 5.74) is 10.4. The van der Waals surface area contributed by atoms with Gasteiger partial charge in [0.2, 0.25) is 0 Å². The molecule has 0 fully saturated rings. The molecule has 0 unspecified atom stereocenters. The smallest absolute Gasteiger partial charge is 0.106 e. The van der Waals surface area contributed by atoms with Crippen molar-refractivity contribution in [2.45, 2.75) is 33.2 Å². The van der Waals surface area contributed by atoms with Crippen LogP contribution in [0, 0.1) is 6.92 Å².